The largest absolute Gasteiger partial charge is 0.310 e. The maximum atomic E-state index is 2.56. The van der Waals surface area contributed by atoms with Crippen LogP contribution in [0.1, 0.15) is 125 Å². The Labute approximate surface area is 595 Å². The summed E-state index contributed by atoms with van der Waals surface area (Å²) in [4.78, 5) is 5.12. The van der Waals surface area contributed by atoms with Crippen LogP contribution in [0.25, 0.3) is 100 Å². The summed E-state index contributed by atoms with van der Waals surface area (Å²) in [5.41, 5.74) is 42.0. The van der Waals surface area contributed by atoms with Crippen LogP contribution in [-0.2, 0) is 27.1 Å². The predicted octanol–water partition coefficient (Wildman–Crippen LogP) is 26.8. The van der Waals surface area contributed by atoms with E-state index >= 15 is 0 Å². The van der Waals surface area contributed by atoms with Crippen molar-refractivity contribution in [2.45, 2.75) is 96.3 Å². The summed E-state index contributed by atoms with van der Waals surface area (Å²) in [6.45, 7) is 24.3. The highest BCUT2D eigenvalue weighted by atomic mass is 15.1. The van der Waals surface area contributed by atoms with E-state index in [1.165, 1.54) is 156 Å². The first-order valence-electron chi connectivity index (χ1n) is 36.1. The summed E-state index contributed by atoms with van der Waals surface area (Å²) >= 11 is 0. The van der Waals surface area contributed by atoms with Crippen molar-refractivity contribution < 1.29 is 0 Å². The van der Waals surface area contributed by atoms with Gasteiger partial charge in [-0.05, 0) is 253 Å². The van der Waals surface area contributed by atoms with Crippen LogP contribution in [0, 0.1) is 0 Å². The first-order chi connectivity index (χ1) is 48.8. The van der Waals surface area contributed by atoms with Crippen molar-refractivity contribution >= 4 is 34.1 Å². The second kappa shape index (κ2) is 21.8. The second-order valence-corrected chi connectivity index (χ2v) is 31.7. The normalized spacial score (nSPS) is 15.4. The van der Waals surface area contributed by atoms with E-state index < -0.39 is 0 Å². The lowest BCUT2D eigenvalue weighted by atomic mass is 9.81. The van der Waals surface area contributed by atoms with E-state index in [2.05, 4.69) is 382 Å². The molecule has 0 aromatic heterocycles. The third-order valence-electron chi connectivity index (χ3n) is 24.3. The van der Waals surface area contributed by atoms with Gasteiger partial charge in [-0.15, -0.1) is 0 Å². The smallest absolute Gasteiger partial charge is 0.0465 e. The van der Waals surface area contributed by atoms with Crippen LogP contribution < -0.4 is 9.80 Å². The average Bonchev–Trinajstić information content (AvgIpc) is 1.58. The lowest BCUT2D eigenvalue weighted by Gasteiger charge is -2.31. The summed E-state index contributed by atoms with van der Waals surface area (Å²) in [5.74, 6) is 0. The monoisotopic (exact) mass is 1300 g/mol. The molecule has 0 unspecified atom stereocenters. The van der Waals surface area contributed by atoms with Crippen LogP contribution in [0.4, 0.5) is 34.1 Å². The zero-order valence-corrected chi connectivity index (χ0v) is 59.3. The molecule has 0 heterocycles. The number of benzene rings is 14. The first kappa shape index (κ1) is 60.8. The third kappa shape index (κ3) is 9.09. The van der Waals surface area contributed by atoms with E-state index in [1.54, 1.807) is 0 Å². The molecule has 2 heteroatoms. The fourth-order valence-corrected chi connectivity index (χ4v) is 18.6. The molecule has 486 valence electrons. The zero-order valence-electron chi connectivity index (χ0n) is 59.3. The summed E-state index contributed by atoms with van der Waals surface area (Å²) < 4.78 is 0. The minimum Gasteiger partial charge on any atom is -0.310 e. The molecule has 0 atom stereocenters. The van der Waals surface area contributed by atoms with Gasteiger partial charge < -0.3 is 9.80 Å². The quantitative estimate of drug-likeness (QED) is 0.135. The SMILES string of the molecule is CC1(C)c2cc(-c3ccccc3)ccc2-c2ccc(N(c3ccc4c(c3)C(C)(C)c3cc(-c5ccccc5)ccc3-4)c3ccc4c(c3)C(C)(C)c3cc(N(c5ccc6c(c5)C(C)(C)c5cc(-c7ccccc7)ccc5-6)c5ccc6c(c5)C(C)(C)c5cc(-c7ccccc7)ccc5-6)ccc3-4)cc21. The Morgan fingerprint density at radius 1 is 0.149 bits per heavy atom. The Morgan fingerprint density at radius 3 is 0.465 bits per heavy atom. The molecule has 2 nitrogen and oxygen atoms in total. The van der Waals surface area contributed by atoms with E-state index in [-0.39, 0.29) is 27.1 Å². The Morgan fingerprint density at radius 2 is 0.297 bits per heavy atom. The molecule has 14 aromatic rings. The van der Waals surface area contributed by atoms with Gasteiger partial charge in [-0.2, -0.15) is 0 Å². The van der Waals surface area contributed by atoms with Crippen LogP contribution >= 0.6 is 0 Å². The fraction of sp³-hybridized carbons (Fsp3) is 0.152. The van der Waals surface area contributed by atoms with E-state index in [0.29, 0.717) is 0 Å². The number of fused-ring (bicyclic) bond motifs is 15. The zero-order chi connectivity index (χ0) is 68.6. The molecule has 14 aromatic carbocycles. The van der Waals surface area contributed by atoms with Gasteiger partial charge in [0, 0.05) is 61.2 Å². The van der Waals surface area contributed by atoms with Gasteiger partial charge >= 0.3 is 0 Å². The van der Waals surface area contributed by atoms with Gasteiger partial charge in [0.2, 0.25) is 0 Å². The molecule has 5 aliphatic rings. The summed E-state index contributed by atoms with van der Waals surface area (Å²) in [7, 11) is 0. The van der Waals surface area contributed by atoms with E-state index in [0.717, 1.165) is 34.1 Å². The van der Waals surface area contributed by atoms with Crippen molar-refractivity contribution in [2.24, 2.45) is 0 Å². The van der Waals surface area contributed by atoms with Crippen LogP contribution in [0.3, 0.4) is 0 Å². The number of nitrogens with zero attached hydrogens (tertiary/aromatic N) is 2. The van der Waals surface area contributed by atoms with Crippen LogP contribution in [0.2, 0.25) is 0 Å². The molecule has 0 radical (unpaired) electrons. The molecule has 19 rings (SSSR count). The maximum Gasteiger partial charge on any atom is 0.0465 e. The van der Waals surface area contributed by atoms with Crippen molar-refractivity contribution in [3.63, 3.8) is 0 Å². The van der Waals surface area contributed by atoms with Crippen molar-refractivity contribution in [1.82, 2.24) is 0 Å². The van der Waals surface area contributed by atoms with Crippen molar-refractivity contribution in [3.8, 4) is 100 Å². The van der Waals surface area contributed by atoms with E-state index in [4.69, 9.17) is 0 Å². The number of hydrogen-bond acceptors (Lipinski definition) is 2. The molecule has 0 spiro atoms. The molecule has 101 heavy (non-hydrogen) atoms. The molecular formula is C99H80N2. The van der Waals surface area contributed by atoms with E-state index in [1.807, 2.05) is 0 Å². The molecule has 0 saturated carbocycles. The molecular weight excluding hydrogens is 1220 g/mol. The van der Waals surface area contributed by atoms with Crippen molar-refractivity contribution in [2.75, 3.05) is 9.80 Å². The van der Waals surface area contributed by atoms with Gasteiger partial charge in [-0.3, -0.25) is 0 Å². The lowest BCUT2D eigenvalue weighted by Crippen LogP contribution is -2.19. The molecule has 5 aliphatic carbocycles. The second-order valence-electron chi connectivity index (χ2n) is 31.7. The topological polar surface area (TPSA) is 6.48 Å². The molecule has 0 bridgehead atoms. The molecule has 0 fully saturated rings. The minimum absolute atomic E-state index is 0.247. The minimum atomic E-state index is -0.375. The van der Waals surface area contributed by atoms with Crippen molar-refractivity contribution in [1.29, 1.82) is 0 Å². The Bertz CT molecular complexity index is 5130. The van der Waals surface area contributed by atoms with Gasteiger partial charge in [0.25, 0.3) is 0 Å². The highest BCUT2D eigenvalue weighted by Crippen LogP contribution is 2.59. The standard InChI is InChI=1S/C99H80N2/c1-95(2)85-51-65(61-23-15-11-16-24-61)31-41-75(85)79-45-35-69(55-89(79)95)100(70-36-46-80-76-42-32-66(62-25-17-12-18-26-62)52-86(76)96(3,4)90(80)56-70)73-39-49-83-84-50-40-74(60-94(84)99(9,10)93(83)59-73)101(71-37-47-81-77-43-33-67(63-27-19-13-20-28-63)53-87(77)97(5,6)91(81)57-71)72-38-48-82-78-44-34-68(64-29-21-14-22-30-64)54-88(78)98(7,8)92(82)58-72/h11-60H,1-10H3. The van der Waals surface area contributed by atoms with Gasteiger partial charge in [0.05, 0.1) is 0 Å². The van der Waals surface area contributed by atoms with Crippen LogP contribution in [0.15, 0.2) is 303 Å². The summed E-state index contributed by atoms with van der Waals surface area (Å²) in [6, 6.07) is 116. The third-order valence-corrected chi connectivity index (χ3v) is 24.3. The molecule has 0 N–H and O–H groups in total. The Kier molecular flexibility index (Phi) is 13.2. The molecule has 0 amide bonds. The predicted molar refractivity (Wildman–Crippen MR) is 425 cm³/mol. The number of anilines is 6. The highest BCUT2D eigenvalue weighted by Gasteiger charge is 2.43. The van der Waals surface area contributed by atoms with Crippen molar-refractivity contribution in [3.05, 3.63) is 359 Å². The number of rotatable bonds is 10. The van der Waals surface area contributed by atoms with Gasteiger partial charge in [0.15, 0.2) is 0 Å². The lowest BCUT2D eigenvalue weighted by molar-refractivity contribution is 0.659. The summed E-state index contributed by atoms with van der Waals surface area (Å²) in [6.07, 6.45) is 0. The van der Waals surface area contributed by atoms with Crippen LogP contribution in [-0.4, -0.2) is 0 Å². The molecule has 0 saturated heterocycles. The van der Waals surface area contributed by atoms with Gasteiger partial charge in [-0.1, -0.05) is 275 Å². The van der Waals surface area contributed by atoms with Gasteiger partial charge in [-0.25, -0.2) is 0 Å². The number of hydrogen-bond donors (Lipinski definition) is 0. The Hall–Kier alpha value is -11.3. The highest BCUT2D eigenvalue weighted by molar-refractivity contribution is 5.95. The van der Waals surface area contributed by atoms with Gasteiger partial charge in [0.1, 0.15) is 0 Å². The fourth-order valence-electron chi connectivity index (χ4n) is 18.6. The Balaban J connectivity index is 0.736. The average molecular weight is 1300 g/mol. The maximum absolute atomic E-state index is 2.56. The summed E-state index contributed by atoms with van der Waals surface area (Å²) in [5, 5.41) is 0. The molecule has 0 aliphatic heterocycles. The first-order valence-corrected chi connectivity index (χ1v) is 36.1. The van der Waals surface area contributed by atoms with E-state index in [9.17, 15) is 0 Å². The van der Waals surface area contributed by atoms with Crippen LogP contribution in [0.5, 0.6) is 0 Å².